The van der Waals surface area contributed by atoms with E-state index in [0.29, 0.717) is 22.7 Å². The maximum atomic E-state index is 13.3. The van der Waals surface area contributed by atoms with Crippen LogP contribution < -0.4 is 15.6 Å². The van der Waals surface area contributed by atoms with Crippen molar-refractivity contribution in [2.75, 3.05) is 7.11 Å². The second kappa shape index (κ2) is 8.90. The number of nitrogens with zero attached hydrogens (tertiary/aromatic N) is 3. The number of aromatic nitrogens is 4. The van der Waals surface area contributed by atoms with Crippen LogP contribution in [0.5, 0.6) is 5.88 Å². The molecule has 0 radical (unpaired) electrons. The molecule has 170 valence electrons. The summed E-state index contributed by atoms with van der Waals surface area (Å²) in [5, 5.41) is 3.62. The Labute approximate surface area is 191 Å². The fraction of sp³-hybridized carbons (Fsp3) is 0.280. The van der Waals surface area contributed by atoms with Crippen molar-refractivity contribution in [2.24, 2.45) is 0 Å². The number of aryl methyl sites for hydroxylation is 2. The normalized spacial score (nSPS) is 11.2. The molecule has 0 unspecified atom stereocenters. The van der Waals surface area contributed by atoms with Gasteiger partial charge in [0.2, 0.25) is 5.88 Å². The predicted molar refractivity (Wildman–Crippen MR) is 128 cm³/mol. The fourth-order valence-electron chi connectivity index (χ4n) is 4.02. The predicted octanol–water partition coefficient (Wildman–Crippen LogP) is 3.92. The summed E-state index contributed by atoms with van der Waals surface area (Å²) in [4.78, 5) is 37.4. The van der Waals surface area contributed by atoms with Gasteiger partial charge < -0.3 is 19.6 Å². The Balaban J connectivity index is 1.79. The maximum Gasteiger partial charge on any atom is 0.270 e. The van der Waals surface area contributed by atoms with Crippen LogP contribution in [-0.4, -0.2) is 32.5 Å². The minimum absolute atomic E-state index is 0.106. The molecule has 1 amide bonds. The summed E-state index contributed by atoms with van der Waals surface area (Å²) < 4.78 is 7.51. The second-order valence-corrected chi connectivity index (χ2v) is 8.29. The van der Waals surface area contributed by atoms with Gasteiger partial charge in [0.25, 0.3) is 11.5 Å². The van der Waals surface area contributed by atoms with E-state index in [4.69, 9.17) is 9.72 Å². The third-order valence-corrected chi connectivity index (χ3v) is 5.65. The molecule has 0 bridgehead atoms. The van der Waals surface area contributed by atoms with Crippen molar-refractivity contribution >= 4 is 16.8 Å². The Morgan fingerprint density at radius 2 is 2.03 bits per heavy atom. The number of carbonyl (C=O) groups excluding carboxylic acids is 1. The molecule has 8 heteroatoms. The van der Waals surface area contributed by atoms with Crippen LogP contribution in [-0.2, 0) is 6.54 Å². The lowest BCUT2D eigenvalue weighted by Crippen LogP contribution is -2.28. The highest BCUT2D eigenvalue weighted by Crippen LogP contribution is 2.31. The standard InChI is InChI=1S/C25H27N5O3/c1-14(2)30-10-8-18-21(30)12-20(17-7-6-9-26-25(17)33-5)29-22(18)24(32)27-13-19-15(3)11-16(4)28-23(19)31/h6-12,14H,13H2,1-5H3,(H,27,32)(H,28,31). The van der Waals surface area contributed by atoms with E-state index in [2.05, 4.69) is 33.7 Å². The number of H-pyrrole nitrogens is 1. The molecule has 0 aliphatic carbocycles. The largest absolute Gasteiger partial charge is 0.481 e. The lowest BCUT2D eigenvalue weighted by atomic mass is 10.1. The zero-order chi connectivity index (χ0) is 23.7. The molecule has 4 aromatic heterocycles. The first kappa shape index (κ1) is 22.3. The third kappa shape index (κ3) is 4.24. The first-order chi connectivity index (χ1) is 15.8. The van der Waals surface area contributed by atoms with E-state index in [1.165, 1.54) is 0 Å². The molecule has 0 fully saturated rings. The lowest BCUT2D eigenvalue weighted by molar-refractivity contribution is 0.0947. The second-order valence-electron chi connectivity index (χ2n) is 8.29. The average Bonchev–Trinajstić information content (AvgIpc) is 3.21. The topological polar surface area (TPSA) is 102 Å². The molecule has 0 spiro atoms. The average molecular weight is 446 g/mol. The Kier molecular flexibility index (Phi) is 6.00. The van der Waals surface area contributed by atoms with Crippen LogP contribution in [0, 0.1) is 13.8 Å². The van der Waals surface area contributed by atoms with Gasteiger partial charge in [-0.3, -0.25) is 9.59 Å². The molecule has 0 atom stereocenters. The molecule has 4 aromatic rings. The summed E-state index contributed by atoms with van der Waals surface area (Å²) in [6.07, 6.45) is 3.60. The molecule has 0 aromatic carbocycles. The van der Waals surface area contributed by atoms with Crippen molar-refractivity contribution in [1.82, 2.24) is 24.8 Å². The van der Waals surface area contributed by atoms with E-state index in [0.717, 1.165) is 22.2 Å². The molecule has 0 aliphatic heterocycles. The Morgan fingerprint density at radius 1 is 1.24 bits per heavy atom. The highest BCUT2D eigenvalue weighted by Gasteiger charge is 2.20. The van der Waals surface area contributed by atoms with Crippen molar-refractivity contribution in [2.45, 2.75) is 40.3 Å². The van der Waals surface area contributed by atoms with Crippen LogP contribution in [0.15, 0.2) is 47.5 Å². The van der Waals surface area contributed by atoms with Gasteiger partial charge in [-0.25, -0.2) is 9.97 Å². The zero-order valence-corrected chi connectivity index (χ0v) is 19.4. The first-order valence-corrected chi connectivity index (χ1v) is 10.8. The highest BCUT2D eigenvalue weighted by molar-refractivity contribution is 6.06. The monoisotopic (exact) mass is 445 g/mol. The number of aromatic amines is 1. The van der Waals surface area contributed by atoms with Crippen molar-refractivity contribution in [3.05, 3.63) is 75.6 Å². The van der Waals surface area contributed by atoms with Crippen molar-refractivity contribution in [1.29, 1.82) is 0 Å². The number of methoxy groups -OCH3 is 1. The number of pyridine rings is 3. The van der Waals surface area contributed by atoms with Gasteiger partial charge in [-0.05, 0) is 63.6 Å². The van der Waals surface area contributed by atoms with Gasteiger partial charge in [-0.2, -0.15) is 0 Å². The molecule has 4 heterocycles. The van der Waals surface area contributed by atoms with Crippen LogP contribution in [0.25, 0.3) is 22.2 Å². The SMILES string of the molecule is COc1ncccc1-c1cc2c(ccn2C(C)C)c(C(=O)NCc2c(C)cc(C)[nH]c2=O)n1. The summed E-state index contributed by atoms with van der Waals surface area (Å²) in [5.74, 6) is 0.0748. The molecular weight excluding hydrogens is 418 g/mol. The number of ether oxygens (including phenoxy) is 1. The molecule has 2 N–H and O–H groups in total. The van der Waals surface area contributed by atoms with Crippen LogP contribution in [0.2, 0.25) is 0 Å². The van der Waals surface area contributed by atoms with Gasteiger partial charge in [0.1, 0.15) is 5.69 Å². The Morgan fingerprint density at radius 3 is 2.73 bits per heavy atom. The van der Waals surface area contributed by atoms with E-state index in [9.17, 15) is 9.59 Å². The van der Waals surface area contributed by atoms with Crippen molar-refractivity contribution in [3.8, 4) is 17.1 Å². The van der Waals surface area contributed by atoms with Gasteiger partial charge in [-0.1, -0.05) is 0 Å². The zero-order valence-electron chi connectivity index (χ0n) is 19.4. The van der Waals surface area contributed by atoms with E-state index < -0.39 is 0 Å². The smallest absolute Gasteiger partial charge is 0.270 e. The van der Waals surface area contributed by atoms with Crippen LogP contribution >= 0.6 is 0 Å². The fourth-order valence-corrected chi connectivity index (χ4v) is 4.02. The summed E-state index contributed by atoms with van der Waals surface area (Å²) in [6, 6.07) is 9.58. The number of hydrogen-bond donors (Lipinski definition) is 2. The maximum absolute atomic E-state index is 13.3. The molecule has 0 saturated heterocycles. The van der Waals surface area contributed by atoms with Gasteiger partial charge in [0.15, 0.2) is 0 Å². The van der Waals surface area contributed by atoms with Gasteiger partial charge in [0, 0.05) is 41.6 Å². The van der Waals surface area contributed by atoms with E-state index in [1.807, 2.05) is 44.3 Å². The Bertz CT molecular complexity index is 1400. The quantitative estimate of drug-likeness (QED) is 0.468. The minimum atomic E-state index is -0.356. The van der Waals surface area contributed by atoms with Crippen LogP contribution in [0.1, 0.15) is 47.2 Å². The first-order valence-electron chi connectivity index (χ1n) is 10.8. The molecule has 0 aliphatic rings. The summed E-state index contributed by atoms with van der Waals surface area (Å²) in [7, 11) is 1.55. The van der Waals surface area contributed by atoms with E-state index >= 15 is 0 Å². The molecule has 4 rings (SSSR count). The number of amides is 1. The summed E-state index contributed by atoms with van der Waals surface area (Å²) >= 11 is 0. The summed E-state index contributed by atoms with van der Waals surface area (Å²) in [5.41, 5.74) is 4.38. The van der Waals surface area contributed by atoms with Crippen molar-refractivity contribution < 1.29 is 9.53 Å². The van der Waals surface area contributed by atoms with Crippen LogP contribution in [0.4, 0.5) is 0 Å². The molecule has 8 nitrogen and oxygen atoms in total. The minimum Gasteiger partial charge on any atom is -0.481 e. The summed E-state index contributed by atoms with van der Waals surface area (Å²) in [6.45, 7) is 7.95. The third-order valence-electron chi connectivity index (χ3n) is 5.65. The number of nitrogens with one attached hydrogen (secondary N) is 2. The number of carbonyl (C=O) groups is 1. The van der Waals surface area contributed by atoms with Crippen molar-refractivity contribution in [3.63, 3.8) is 0 Å². The van der Waals surface area contributed by atoms with E-state index in [-0.39, 0.29) is 29.7 Å². The van der Waals surface area contributed by atoms with Gasteiger partial charge in [0.05, 0.1) is 23.9 Å². The number of rotatable bonds is 6. The molecular formula is C25H27N5O3. The lowest BCUT2D eigenvalue weighted by Gasteiger charge is -2.14. The highest BCUT2D eigenvalue weighted by atomic mass is 16.5. The van der Waals surface area contributed by atoms with Gasteiger partial charge >= 0.3 is 0 Å². The van der Waals surface area contributed by atoms with Crippen LogP contribution in [0.3, 0.4) is 0 Å². The van der Waals surface area contributed by atoms with E-state index in [1.54, 1.807) is 19.4 Å². The molecule has 0 saturated carbocycles. The molecule has 33 heavy (non-hydrogen) atoms. The Hall–Kier alpha value is -3.94. The number of fused-ring (bicyclic) bond motifs is 1. The van der Waals surface area contributed by atoms with Gasteiger partial charge in [-0.15, -0.1) is 0 Å². The number of hydrogen-bond acceptors (Lipinski definition) is 5.